The Kier molecular flexibility index (Phi) is 6.13. The first-order chi connectivity index (χ1) is 21.4. The van der Waals surface area contributed by atoms with Crippen molar-refractivity contribution in [1.29, 1.82) is 0 Å². The molecule has 45 heavy (non-hydrogen) atoms. The summed E-state index contributed by atoms with van der Waals surface area (Å²) in [5.74, 6) is -0.886. The van der Waals surface area contributed by atoms with E-state index in [1.807, 2.05) is 13.8 Å². The molecular weight excluding hydrogens is 600 g/mol. The number of aryl methyl sites for hydroxylation is 1. The Hall–Kier alpha value is -3.48. The first kappa shape index (κ1) is 29.0. The molecular formula is C33H36N2O9S. The molecule has 6 aliphatic rings. The summed E-state index contributed by atoms with van der Waals surface area (Å²) in [4.78, 5) is 41.8. The Morgan fingerprint density at radius 1 is 1.13 bits per heavy atom. The number of piperidine rings is 1. The van der Waals surface area contributed by atoms with E-state index in [2.05, 4.69) is 29.7 Å². The number of aromatic hydroxyl groups is 1. The third-order valence-electron chi connectivity index (χ3n) is 11.3. The minimum Gasteiger partial charge on any atom is -0.504 e. The van der Waals surface area contributed by atoms with E-state index < -0.39 is 17.7 Å². The highest BCUT2D eigenvalue weighted by Crippen LogP contribution is 2.71. The lowest BCUT2D eigenvalue weighted by Crippen LogP contribution is -2.75. The molecule has 3 fully saturated rings. The number of phenolic OH excluding ortho intramolecular Hbond substituents is 1. The number of nitrogens with zero attached hydrogens (tertiary/aromatic N) is 2. The number of carboxylic acids is 1. The Morgan fingerprint density at radius 2 is 1.87 bits per heavy atom. The normalized spacial score (nSPS) is 33.1. The van der Waals surface area contributed by atoms with E-state index in [0.717, 1.165) is 34.2 Å². The smallest absolute Gasteiger partial charge is 0.373 e. The summed E-state index contributed by atoms with van der Waals surface area (Å²) in [5, 5.41) is 21.1. The number of carbonyl (C=O) groups excluding carboxylic acids is 2. The monoisotopic (exact) mass is 636 g/mol. The lowest BCUT2D eigenvalue weighted by Gasteiger charge is -2.67. The number of phenols is 1. The lowest BCUT2D eigenvalue weighted by molar-refractivity contribution is -0.191. The summed E-state index contributed by atoms with van der Waals surface area (Å²) in [6.45, 7) is 9.71. The van der Waals surface area contributed by atoms with Crippen LogP contribution in [0, 0.1) is 13.8 Å². The molecule has 12 heteroatoms. The molecule has 0 saturated carbocycles. The van der Waals surface area contributed by atoms with E-state index >= 15 is 0 Å². The fourth-order valence-corrected chi connectivity index (χ4v) is 11.2. The highest BCUT2D eigenvalue weighted by molar-refractivity contribution is 8.00. The number of fused-ring (bicyclic) bond motifs is 13. The van der Waals surface area contributed by atoms with Gasteiger partial charge < -0.3 is 29.2 Å². The molecule has 3 saturated heterocycles. The molecule has 8 rings (SSSR count). The summed E-state index contributed by atoms with van der Waals surface area (Å²) in [6, 6.07) is 1.86. The zero-order valence-corrected chi connectivity index (χ0v) is 26.8. The number of ether oxygens (including phenoxy) is 4. The molecule has 8 atom stereocenters. The minimum atomic E-state index is -1.46. The molecule has 5 aliphatic heterocycles. The van der Waals surface area contributed by atoms with Crippen LogP contribution < -0.4 is 18.9 Å². The first-order valence-corrected chi connectivity index (χ1v) is 16.4. The number of hydrogen-bond acceptors (Lipinski definition) is 11. The predicted octanol–water partition coefficient (Wildman–Crippen LogP) is 4.09. The number of esters is 1. The predicted molar refractivity (Wildman–Crippen MR) is 162 cm³/mol. The van der Waals surface area contributed by atoms with Gasteiger partial charge in [-0.15, -0.1) is 11.8 Å². The van der Waals surface area contributed by atoms with Crippen LogP contribution in [0.15, 0.2) is 6.07 Å². The zero-order valence-electron chi connectivity index (χ0n) is 26.0. The van der Waals surface area contributed by atoms with Gasteiger partial charge in [0, 0.05) is 70.1 Å². The van der Waals surface area contributed by atoms with E-state index in [9.17, 15) is 24.6 Å². The highest BCUT2D eigenvalue weighted by atomic mass is 32.2. The van der Waals surface area contributed by atoms with Crippen molar-refractivity contribution in [3.63, 3.8) is 0 Å². The van der Waals surface area contributed by atoms with Gasteiger partial charge in [-0.25, -0.2) is 4.79 Å². The second kappa shape index (κ2) is 9.52. The van der Waals surface area contributed by atoms with E-state index in [1.165, 1.54) is 18.7 Å². The summed E-state index contributed by atoms with van der Waals surface area (Å²) < 4.78 is 23.7. The van der Waals surface area contributed by atoms with Gasteiger partial charge in [-0.1, -0.05) is 0 Å². The van der Waals surface area contributed by atoms with Gasteiger partial charge in [0.25, 0.3) is 0 Å². The van der Waals surface area contributed by atoms with E-state index in [1.54, 1.807) is 7.11 Å². The van der Waals surface area contributed by atoms with Gasteiger partial charge in [0.15, 0.2) is 23.0 Å². The van der Waals surface area contributed by atoms with Gasteiger partial charge in [0.2, 0.25) is 12.6 Å². The van der Waals surface area contributed by atoms with Crippen molar-refractivity contribution in [2.45, 2.75) is 94.4 Å². The number of ketones is 1. The van der Waals surface area contributed by atoms with Gasteiger partial charge in [0.05, 0.1) is 18.9 Å². The van der Waals surface area contributed by atoms with Crippen molar-refractivity contribution in [2.75, 3.05) is 19.7 Å². The number of aliphatic carboxylic acids is 1. The summed E-state index contributed by atoms with van der Waals surface area (Å²) in [5.41, 5.74) is 5.00. The van der Waals surface area contributed by atoms with Crippen LogP contribution >= 0.6 is 11.8 Å². The number of benzene rings is 2. The number of methoxy groups -OCH3 is 1. The molecule has 3 unspecified atom stereocenters. The van der Waals surface area contributed by atoms with Crippen LogP contribution in [0.1, 0.15) is 85.0 Å². The van der Waals surface area contributed by atoms with Gasteiger partial charge in [-0.3, -0.25) is 19.4 Å². The van der Waals surface area contributed by atoms with Crippen LogP contribution in [0.5, 0.6) is 28.7 Å². The molecule has 0 spiro atoms. The Labute approximate surface area is 264 Å². The molecule has 238 valence electrons. The van der Waals surface area contributed by atoms with Crippen molar-refractivity contribution in [3.8, 4) is 28.7 Å². The molecule has 11 nitrogen and oxygen atoms in total. The standard InChI is InChI=1S/C33H36N2O9S/c1-12-7-17-22(26(38)27(12)41-6)24-25-31(45-10-20(37)32(39)40)16-8-18(34(25)14(3)19-9-33(17,5)35(19)24)23-21(16)28(44-15(4)36)13(2)29-30(23)43-11-42-29/h7,14,16,18-19,24-25,31,38H,8-11H2,1-6H3,(H,39,40)/t14-,16?,18?,19-,24-,25?,31+,33+/m0/s1. The van der Waals surface area contributed by atoms with Crippen LogP contribution in [0.3, 0.4) is 0 Å². The van der Waals surface area contributed by atoms with Crippen molar-refractivity contribution >= 4 is 29.5 Å². The molecule has 0 amide bonds. The second-order valence-electron chi connectivity index (χ2n) is 13.4. The zero-order chi connectivity index (χ0) is 31.9. The van der Waals surface area contributed by atoms with Crippen molar-refractivity contribution in [3.05, 3.63) is 39.4 Å². The summed E-state index contributed by atoms with van der Waals surface area (Å²) in [6.07, 6.45) is 1.60. The topological polar surface area (TPSA) is 135 Å². The van der Waals surface area contributed by atoms with Gasteiger partial charge >= 0.3 is 11.9 Å². The number of carboxylic acid groups (broad SMARTS) is 1. The van der Waals surface area contributed by atoms with Crippen molar-refractivity contribution in [1.82, 2.24) is 9.80 Å². The number of rotatable bonds is 6. The summed E-state index contributed by atoms with van der Waals surface area (Å²) in [7, 11) is 1.56. The fourth-order valence-electron chi connectivity index (χ4n) is 9.79. The summed E-state index contributed by atoms with van der Waals surface area (Å²) >= 11 is 1.34. The quantitative estimate of drug-likeness (QED) is 0.269. The number of carbonyl (C=O) groups is 3. The van der Waals surface area contributed by atoms with Crippen molar-refractivity contribution < 1.29 is 43.5 Å². The lowest BCUT2D eigenvalue weighted by atomic mass is 9.71. The average molecular weight is 637 g/mol. The van der Waals surface area contributed by atoms with Crippen LogP contribution in [0.2, 0.25) is 0 Å². The second-order valence-corrected chi connectivity index (χ2v) is 14.6. The molecule has 2 aromatic carbocycles. The Bertz CT molecular complexity index is 1730. The maximum Gasteiger partial charge on any atom is 0.373 e. The number of piperazine rings is 1. The van der Waals surface area contributed by atoms with Crippen LogP contribution in [0.25, 0.3) is 0 Å². The molecule has 2 aromatic rings. The van der Waals surface area contributed by atoms with Crippen LogP contribution in [-0.2, 0) is 19.9 Å². The fraction of sp³-hybridized carbons (Fsp3) is 0.545. The molecule has 2 N–H and O–H groups in total. The van der Waals surface area contributed by atoms with Gasteiger partial charge in [-0.2, -0.15) is 0 Å². The average Bonchev–Trinajstić information content (AvgIpc) is 3.64. The SMILES string of the molecule is COc1c(C)cc2c(c1O)[C@H]1C3[C@H](SCC(=O)C(=O)O)C4CC(c5c6c(c(C)c(OC(C)=O)c54)OCO6)N3[C@@H](C)[C@@H]3C[C@@]2(C)N13. The van der Waals surface area contributed by atoms with E-state index in [-0.39, 0.29) is 65.2 Å². The largest absolute Gasteiger partial charge is 0.504 e. The molecule has 5 heterocycles. The van der Waals surface area contributed by atoms with Crippen LogP contribution in [-0.4, -0.2) is 80.8 Å². The van der Waals surface area contributed by atoms with Gasteiger partial charge in [-0.05, 0) is 57.7 Å². The maximum atomic E-state index is 12.6. The molecule has 0 aromatic heterocycles. The number of thioether (sulfide) groups is 1. The maximum absolute atomic E-state index is 12.6. The molecule has 2 bridgehead atoms. The third kappa shape index (κ3) is 3.53. The van der Waals surface area contributed by atoms with E-state index in [0.29, 0.717) is 35.0 Å². The Balaban J connectivity index is 1.37. The minimum absolute atomic E-state index is 0.0611. The van der Waals surface area contributed by atoms with Crippen LogP contribution in [0.4, 0.5) is 0 Å². The molecule has 0 radical (unpaired) electrons. The first-order valence-electron chi connectivity index (χ1n) is 15.4. The molecule has 1 aliphatic carbocycles. The van der Waals surface area contributed by atoms with Gasteiger partial charge in [0.1, 0.15) is 5.75 Å². The number of hydrogen-bond donors (Lipinski definition) is 2. The third-order valence-corrected chi connectivity index (χ3v) is 12.7. The van der Waals surface area contributed by atoms with E-state index in [4.69, 9.17) is 18.9 Å². The number of Topliss-reactive ketones (excluding diaryl/α,β-unsaturated/α-hetero) is 1. The Morgan fingerprint density at radius 3 is 2.56 bits per heavy atom. The highest BCUT2D eigenvalue weighted by Gasteiger charge is 2.70. The van der Waals surface area contributed by atoms with Crippen molar-refractivity contribution in [2.24, 2.45) is 0 Å².